The third-order valence-electron chi connectivity index (χ3n) is 3.47. The normalized spacial score (nSPS) is 19.1. The maximum absolute atomic E-state index is 11.3. The van der Waals surface area contributed by atoms with E-state index in [0.717, 1.165) is 31.8 Å². The van der Waals surface area contributed by atoms with E-state index in [1.807, 2.05) is 6.07 Å². The Morgan fingerprint density at radius 2 is 2.35 bits per heavy atom. The fourth-order valence-electron chi connectivity index (χ4n) is 2.40. The summed E-state index contributed by atoms with van der Waals surface area (Å²) >= 11 is 0. The molecule has 1 aliphatic heterocycles. The fourth-order valence-corrected chi connectivity index (χ4v) is 2.40. The molecule has 1 saturated heterocycles. The van der Waals surface area contributed by atoms with Crippen LogP contribution in [0.1, 0.15) is 35.3 Å². The van der Waals surface area contributed by atoms with Crippen LogP contribution >= 0.6 is 0 Å². The summed E-state index contributed by atoms with van der Waals surface area (Å²) in [5.74, 6) is -0.354. The fraction of sp³-hybridized carbons (Fsp3) is 0.600. The average molecular weight is 278 g/mol. The molecule has 1 fully saturated rings. The van der Waals surface area contributed by atoms with Gasteiger partial charge < -0.3 is 9.47 Å². The molecular formula is C15H22N2O3. The first-order chi connectivity index (χ1) is 9.69. The molecular weight excluding hydrogens is 256 g/mol. The van der Waals surface area contributed by atoms with Gasteiger partial charge in [-0.2, -0.15) is 0 Å². The lowest BCUT2D eigenvalue weighted by atomic mass is 10.1. The van der Waals surface area contributed by atoms with Gasteiger partial charge in [-0.3, -0.25) is 9.88 Å². The summed E-state index contributed by atoms with van der Waals surface area (Å²) in [7, 11) is 3.43. The zero-order valence-electron chi connectivity index (χ0n) is 12.2. The van der Waals surface area contributed by atoms with Crippen LogP contribution in [0.2, 0.25) is 0 Å². The van der Waals surface area contributed by atoms with Crippen molar-refractivity contribution in [2.75, 3.05) is 27.3 Å². The van der Waals surface area contributed by atoms with Crippen LogP contribution < -0.4 is 0 Å². The molecule has 0 radical (unpaired) electrons. The molecule has 5 heteroatoms. The van der Waals surface area contributed by atoms with Crippen molar-refractivity contribution in [3.8, 4) is 0 Å². The number of nitrogens with zero attached hydrogens (tertiary/aromatic N) is 2. The second-order valence-electron chi connectivity index (χ2n) is 5.22. The molecule has 0 saturated carbocycles. The minimum Gasteiger partial charge on any atom is -0.465 e. The second-order valence-corrected chi connectivity index (χ2v) is 5.22. The minimum absolute atomic E-state index is 0.336. The summed E-state index contributed by atoms with van der Waals surface area (Å²) in [5, 5.41) is 0. The standard InChI is InChI=1S/C15H22N2O3/c1-17(11-14-5-3-4-8-20-14)10-13-7-6-12(9-16-13)15(18)19-2/h6-7,9,14H,3-5,8,10-11H2,1-2H3. The van der Waals surface area contributed by atoms with E-state index in [-0.39, 0.29) is 5.97 Å². The molecule has 2 rings (SSSR count). The van der Waals surface area contributed by atoms with E-state index in [2.05, 4.69) is 21.7 Å². The maximum Gasteiger partial charge on any atom is 0.339 e. The van der Waals surface area contributed by atoms with Crippen molar-refractivity contribution in [3.63, 3.8) is 0 Å². The number of carbonyl (C=O) groups is 1. The Balaban J connectivity index is 1.84. The smallest absolute Gasteiger partial charge is 0.339 e. The van der Waals surface area contributed by atoms with Crippen molar-refractivity contribution in [1.82, 2.24) is 9.88 Å². The Kier molecular flexibility index (Phi) is 5.49. The monoisotopic (exact) mass is 278 g/mol. The van der Waals surface area contributed by atoms with E-state index >= 15 is 0 Å². The van der Waals surface area contributed by atoms with Crippen molar-refractivity contribution in [3.05, 3.63) is 29.6 Å². The molecule has 20 heavy (non-hydrogen) atoms. The van der Waals surface area contributed by atoms with Gasteiger partial charge >= 0.3 is 5.97 Å². The largest absolute Gasteiger partial charge is 0.465 e. The number of methoxy groups -OCH3 is 1. The van der Waals surface area contributed by atoms with Crippen molar-refractivity contribution in [2.45, 2.75) is 31.9 Å². The summed E-state index contributed by atoms with van der Waals surface area (Å²) in [6, 6.07) is 3.61. The van der Waals surface area contributed by atoms with Crippen LogP contribution in [0.3, 0.4) is 0 Å². The Hall–Kier alpha value is -1.46. The summed E-state index contributed by atoms with van der Waals surface area (Å²) in [6.45, 7) is 2.55. The molecule has 1 aromatic heterocycles. The van der Waals surface area contributed by atoms with Crippen LogP contribution in [0.25, 0.3) is 0 Å². The first-order valence-electron chi connectivity index (χ1n) is 7.02. The van der Waals surface area contributed by atoms with Gasteiger partial charge in [-0.1, -0.05) is 0 Å². The van der Waals surface area contributed by atoms with E-state index in [0.29, 0.717) is 11.7 Å². The first kappa shape index (κ1) is 14.9. The predicted octanol–water partition coefficient (Wildman–Crippen LogP) is 1.87. The number of aromatic nitrogens is 1. The highest BCUT2D eigenvalue weighted by molar-refractivity contribution is 5.88. The van der Waals surface area contributed by atoms with Gasteiger partial charge in [0, 0.05) is 25.9 Å². The second kappa shape index (κ2) is 7.36. The van der Waals surface area contributed by atoms with E-state index < -0.39 is 0 Å². The zero-order chi connectivity index (χ0) is 14.4. The highest BCUT2D eigenvalue weighted by Gasteiger charge is 2.16. The van der Waals surface area contributed by atoms with Gasteiger partial charge in [-0.05, 0) is 38.4 Å². The molecule has 1 aliphatic rings. The van der Waals surface area contributed by atoms with Gasteiger partial charge in [0.05, 0.1) is 24.5 Å². The predicted molar refractivity (Wildman–Crippen MR) is 75.5 cm³/mol. The summed E-state index contributed by atoms with van der Waals surface area (Å²) < 4.78 is 10.4. The van der Waals surface area contributed by atoms with E-state index in [1.54, 1.807) is 12.3 Å². The Morgan fingerprint density at radius 3 is 2.95 bits per heavy atom. The quantitative estimate of drug-likeness (QED) is 0.770. The van der Waals surface area contributed by atoms with Gasteiger partial charge in [-0.25, -0.2) is 4.79 Å². The number of ether oxygens (including phenoxy) is 2. The molecule has 0 bridgehead atoms. The Bertz CT molecular complexity index is 427. The highest BCUT2D eigenvalue weighted by atomic mass is 16.5. The number of pyridine rings is 1. The van der Waals surface area contributed by atoms with Crippen molar-refractivity contribution < 1.29 is 14.3 Å². The summed E-state index contributed by atoms with van der Waals surface area (Å²) in [5.41, 5.74) is 1.42. The number of likely N-dealkylation sites (N-methyl/N-ethyl adjacent to an activating group) is 1. The SMILES string of the molecule is COC(=O)c1ccc(CN(C)CC2CCCCO2)nc1. The molecule has 1 unspecified atom stereocenters. The zero-order valence-corrected chi connectivity index (χ0v) is 12.2. The van der Waals surface area contributed by atoms with Gasteiger partial charge in [-0.15, -0.1) is 0 Å². The number of rotatable bonds is 5. The van der Waals surface area contributed by atoms with E-state index in [4.69, 9.17) is 4.74 Å². The lowest BCUT2D eigenvalue weighted by Gasteiger charge is -2.27. The van der Waals surface area contributed by atoms with Crippen LogP contribution in [-0.2, 0) is 16.0 Å². The Morgan fingerprint density at radius 1 is 1.50 bits per heavy atom. The molecule has 0 aliphatic carbocycles. The molecule has 1 aromatic rings. The molecule has 0 N–H and O–H groups in total. The molecule has 0 spiro atoms. The third kappa shape index (κ3) is 4.28. The molecule has 110 valence electrons. The number of carbonyl (C=O) groups excluding carboxylic acids is 1. The summed E-state index contributed by atoms with van der Waals surface area (Å²) in [4.78, 5) is 17.8. The minimum atomic E-state index is -0.354. The van der Waals surface area contributed by atoms with Crippen molar-refractivity contribution in [1.29, 1.82) is 0 Å². The molecule has 5 nitrogen and oxygen atoms in total. The number of hydrogen-bond donors (Lipinski definition) is 0. The van der Waals surface area contributed by atoms with Gasteiger partial charge in [0.25, 0.3) is 0 Å². The average Bonchev–Trinajstić information content (AvgIpc) is 2.48. The Labute approximate surface area is 119 Å². The molecule has 2 heterocycles. The van der Waals surface area contributed by atoms with Crippen molar-refractivity contribution in [2.24, 2.45) is 0 Å². The topological polar surface area (TPSA) is 51.7 Å². The first-order valence-corrected chi connectivity index (χ1v) is 7.02. The van der Waals surface area contributed by atoms with Crippen LogP contribution in [0.4, 0.5) is 0 Å². The van der Waals surface area contributed by atoms with Crippen LogP contribution in [-0.4, -0.2) is 49.3 Å². The lowest BCUT2D eigenvalue weighted by Crippen LogP contribution is -2.33. The molecule has 0 amide bonds. The number of hydrogen-bond acceptors (Lipinski definition) is 5. The highest BCUT2D eigenvalue weighted by Crippen LogP contribution is 2.14. The van der Waals surface area contributed by atoms with E-state index in [1.165, 1.54) is 20.0 Å². The van der Waals surface area contributed by atoms with Crippen LogP contribution in [0.5, 0.6) is 0 Å². The van der Waals surface area contributed by atoms with Crippen molar-refractivity contribution >= 4 is 5.97 Å². The summed E-state index contributed by atoms with van der Waals surface area (Å²) in [6.07, 6.45) is 5.47. The third-order valence-corrected chi connectivity index (χ3v) is 3.47. The van der Waals surface area contributed by atoms with Gasteiger partial charge in [0.15, 0.2) is 0 Å². The molecule has 0 aromatic carbocycles. The number of esters is 1. The van der Waals surface area contributed by atoms with Gasteiger partial charge in [0.1, 0.15) is 0 Å². The lowest BCUT2D eigenvalue weighted by molar-refractivity contribution is -0.00274. The molecule has 1 atom stereocenters. The van der Waals surface area contributed by atoms with Crippen LogP contribution in [0.15, 0.2) is 18.3 Å². The maximum atomic E-state index is 11.3. The van der Waals surface area contributed by atoms with E-state index in [9.17, 15) is 4.79 Å². The van der Waals surface area contributed by atoms with Crippen LogP contribution in [0, 0.1) is 0 Å². The van der Waals surface area contributed by atoms with Gasteiger partial charge in [0.2, 0.25) is 0 Å².